The Labute approximate surface area is 153 Å². The minimum absolute atomic E-state index is 0. The molecule has 2 bridgehead atoms. The number of halogens is 1. The van der Waals surface area contributed by atoms with E-state index in [4.69, 9.17) is 0 Å². The Morgan fingerprint density at radius 2 is 1.96 bits per heavy atom. The largest absolute Gasteiger partial charge is 0.346 e. The maximum Gasteiger partial charge on any atom is 0.261 e. The highest BCUT2D eigenvalue weighted by Gasteiger charge is 2.48. The van der Waals surface area contributed by atoms with E-state index < -0.39 is 0 Å². The van der Waals surface area contributed by atoms with E-state index in [2.05, 4.69) is 49.2 Å². The third kappa shape index (κ3) is 2.85. The van der Waals surface area contributed by atoms with Crippen LogP contribution in [0.15, 0.2) is 24.3 Å². The maximum absolute atomic E-state index is 12.8. The van der Waals surface area contributed by atoms with E-state index in [1.54, 1.807) is 11.3 Å². The van der Waals surface area contributed by atoms with E-state index in [1.165, 1.54) is 41.6 Å². The van der Waals surface area contributed by atoms with Gasteiger partial charge in [0.2, 0.25) is 0 Å². The maximum atomic E-state index is 12.8. The summed E-state index contributed by atoms with van der Waals surface area (Å²) in [5.74, 6) is 0.714. The van der Waals surface area contributed by atoms with E-state index in [9.17, 15) is 4.79 Å². The molecule has 0 aliphatic carbocycles. The van der Waals surface area contributed by atoms with Gasteiger partial charge < -0.3 is 5.32 Å². The topological polar surface area (TPSA) is 32.3 Å². The van der Waals surface area contributed by atoms with Crippen LogP contribution in [-0.4, -0.2) is 35.5 Å². The second-order valence-corrected chi connectivity index (χ2v) is 8.66. The summed E-state index contributed by atoms with van der Waals surface area (Å²) in [6.07, 6.45) is 2.42. The summed E-state index contributed by atoms with van der Waals surface area (Å²) in [4.78, 5) is 16.2. The minimum atomic E-state index is 0. The number of piperidine rings is 3. The Morgan fingerprint density at radius 3 is 2.62 bits per heavy atom. The number of thiophene rings is 1. The van der Waals surface area contributed by atoms with Gasteiger partial charge >= 0.3 is 0 Å². The number of amides is 1. The Morgan fingerprint density at radius 1 is 1.25 bits per heavy atom. The van der Waals surface area contributed by atoms with Crippen LogP contribution in [0.5, 0.6) is 0 Å². The molecule has 24 heavy (non-hydrogen) atoms. The number of hydrogen-bond donors (Lipinski definition) is 1. The molecule has 0 unspecified atom stereocenters. The number of nitrogens with one attached hydrogen (secondary N) is 1. The monoisotopic (exact) mass is 364 g/mol. The smallest absolute Gasteiger partial charge is 0.261 e. The van der Waals surface area contributed by atoms with Crippen LogP contribution in [0.4, 0.5) is 0 Å². The summed E-state index contributed by atoms with van der Waals surface area (Å²) >= 11 is 1.60. The average Bonchev–Trinajstić information content (AvgIpc) is 2.94. The first-order valence-corrected chi connectivity index (χ1v) is 9.33. The number of hydrogen-bond acceptors (Lipinski definition) is 3. The predicted octanol–water partition coefficient (Wildman–Crippen LogP) is 4.23. The Hall–Kier alpha value is -1.10. The molecule has 1 atom stereocenters. The van der Waals surface area contributed by atoms with Crippen LogP contribution in [0.2, 0.25) is 0 Å². The molecule has 1 N–H and O–H groups in total. The zero-order chi connectivity index (χ0) is 16.2. The number of carbonyl (C=O) groups is 1. The predicted molar refractivity (Wildman–Crippen MR) is 103 cm³/mol. The van der Waals surface area contributed by atoms with E-state index in [0.717, 1.165) is 4.88 Å². The van der Waals surface area contributed by atoms with Gasteiger partial charge in [-0.3, -0.25) is 9.69 Å². The summed E-state index contributed by atoms with van der Waals surface area (Å²) in [6, 6.07) is 8.66. The minimum Gasteiger partial charge on any atom is -0.346 e. The third-order valence-corrected chi connectivity index (χ3v) is 6.87. The van der Waals surface area contributed by atoms with E-state index >= 15 is 0 Å². The fourth-order valence-corrected chi connectivity index (χ4v) is 5.40. The van der Waals surface area contributed by atoms with Gasteiger partial charge in [-0.15, -0.1) is 23.7 Å². The van der Waals surface area contributed by atoms with Crippen molar-refractivity contribution in [1.82, 2.24) is 10.2 Å². The van der Waals surface area contributed by atoms with Crippen molar-refractivity contribution in [3.63, 3.8) is 0 Å². The van der Waals surface area contributed by atoms with Gasteiger partial charge in [0.1, 0.15) is 0 Å². The molecule has 3 aliphatic rings. The second kappa shape index (κ2) is 6.32. The van der Waals surface area contributed by atoms with Gasteiger partial charge in [-0.25, -0.2) is 0 Å². The Bertz CT molecular complexity index is 762. The number of fused-ring (bicyclic) bond motifs is 4. The highest BCUT2D eigenvalue weighted by molar-refractivity contribution is 7.20. The van der Waals surface area contributed by atoms with Crippen molar-refractivity contribution in [2.45, 2.75) is 45.2 Å². The Balaban J connectivity index is 0.00000169. The lowest BCUT2D eigenvalue weighted by Crippen LogP contribution is -2.69. The number of carbonyl (C=O) groups excluding carboxylic acids is 1. The second-order valence-electron chi connectivity index (χ2n) is 7.58. The van der Waals surface area contributed by atoms with Crippen molar-refractivity contribution < 1.29 is 4.79 Å². The van der Waals surface area contributed by atoms with Crippen molar-refractivity contribution >= 4 is 39.7 Å². The summed E-state index contributed by atoms with van der Waals surface area (Å²) < 4.78 is 1.20. The normalized spacial score (nSPS) is 27.7. The summed E-state index contributed by atoms with van der Waals surface area (Å²) in [5, 5.41) is 4.53. The molecule has 2 aromatic rings. The van der Waals surface area contributed by atoms with Crippen molar-refractivity contribution in [2.24, 2.45) is 5.92 Å². The van der Waals surface area contributed by atoms with Crippen LogP contribution in [-0.2, 0) is 0 Å². The molecule has 3 fully saturated rings. The first kappa shape index (κ1) is 17.7. The zero-order valence-corrected chi connectivity index (χ0v) is 16.1. The molecular formula is C19H25ClN2OS. The first-order chi connectivity index (χ1) is 10.9. The molecule has 1 aromatic carbocycles. The molecule has 1 aromatic heterocycles. The molecular weight excluding hydrogens is 340 g/mol. The van der Waals surface area contributed by atoms with Crippen molar-refractivity contribution in [2.75, 3.05) is 13.1 Å². The van der Waals surface area contributed by atoms with Crippen LogP contribution in [0, 0.1) is 12.8 Å². The molecule has 0 spiro atoms. The van der Waals surface area contributed by atoms with Gasteiger partial charge in [0.25, 0.3) is 5.91 Å². The number of nitrogens with zero attached hydrogens (tertiary/aromatic N) is 1. The summed E-state index contributed by atoms with van der Waals surface area (Å²) in [6.45, 7) is 8.99. The molecule has 0 radical (unpaired) electrons. The lowest BCUT2D eigenvalue weighted by atomic mass is 9.72. The Kier molecular flexibility index (Phi) is 4.67. The molecule has 5 rings (SSSR count). The SMILES string of the molecule is Cc1ccc2cc(C(=O)N[C@@H]3C4CCN(CC4)C3(C)C)sc2c1.Cl. The van der Waals surface area contributed by atoms with Gasteiger partial charge in [-0.2, -0.15) is 0 Å². The lowest BCUT2D eigenvalue weighted by Gasteiger charge is -2.56. The van der Waals surface area contributed by atoms with Crippen LogP contribution in [0.25, 0.3) is 10.1 Å². The molecule has 4 heterocycles. The van der Waals surface area contributed by atoms with Crippen LogP contribution < -0.4 is 5.32 Å². The average molecular weight is 365 g/mol. The van der Waals surface area contributed by atoms with Crippen LogP contribution >= 0.6 is 23.7 Å². The first-order valence-electron chi connectivity index (χ1n) is 8.51. The quantitative estimate of drug-likeness (QED) is 0.864. The van der Waals surface area contributed by atoms with E-state index in [1.807, 2.05) is 6.07 Å². The fraction of sp³-hybridized carbons (Fsp3) is 0.526. The van der Waals surface area contributed by atoms with Crippen LogP contribution in [0.3, 0.4) is 0 Å². The highest BCUT2D eigenvalue weighted by atomic mass is 35.5. The summed E-state index contributed by atoms with van der Waals surface area (Å²) in [7, 11) is 0. The van der Waals surface area contributed by atoms with Gasteiger partial charge in [0.15, 0.2) is 0 Å². The molecule has 1 amide bonds. The van der Waals surface area contributed by atoms with Gasteiger partial charge in [-0.1, -0.05) is 12.1 Å². The molecule has 3 aliphatic heterocycles. The third-order valence-electron chi connectivity index (χ3n) is 5.77. The van der Waals surface area contributed by atoms with Gasteiger partial charge in [-0.05, 0) is 75.7 Å². The van der Waals surface area contributed by atoms with Crippen molar-refractivity contribution in [1.29, 1.82) is 0 Å². The molecule has 3 saturated heterocycles. The van der Waals surface area contributed by atoms with Crippen molar-refractivity contribution in [3.05, 3.63) is 34.7 Å². The fourth-order valence-electron chi connectivity index (χ4n) is 4.34. The number of rotatable bonds is 2. The van der Waals surface area contributed by atoms with Crippen LogP contribution in [0.1, 0.15) is 41.9 Å². The number of aryl methyl sites for hydroxylation is 1. The summed E-state index contributed by atoms with van der Waals surface area (Å²) in [5.41, 5.74) is 1.30. The standard InChI is InChI=1S/C19H24N2OS.ClH/c1-12-4-5-14-11-16(23-15(14)10-12)18(22)20-17-13-6-8-21(9-7-13)19(17,2)3;/h4-5,10-11,13,17H,6-9H2,1-3H3,(H,20,22);1H/t17-;/m1./s1. The van der Waals surface area contributed by atoms with E-state index in [0.29, 0.717) is 5.92 Å². The molecule has 3 nitrogen and oxygen atoms in total. The molecule has 5 heteroatoms. The number of benzene rings is 1. The lowest BCUT2D eigenvalue weighted by molar-refractivity contribution is -0.0377. The highest BCUT2D eigenvalue weighted by Crippen LogP contribution is 2.39. The molecule has 130 valence electrons. The molecule has 0 saturated carbocycles. The van der Waals surface area contributed by atoms with Gasteiger partial charge in [0.05, 0.1) is 4.88 Å². The van der Waals surface area contributed by atoms with Gasteiger partial charge in [0, 0.05) is 16.3 Å². The van der Waals surface area contributed by atoms with E-state index in [-0.39, 0.29) is 29.9 Å². The zero-order valence-electron chi connectivity index (χ0n) is 14.5. The van der Waals surface area contributed by atoms with Crippen molar-refractivity contribution in [3.8, 4) is 0 Å².